The fraction of sp³-hybridized carbons (Fsp3) is 0.200. The molecule has 2 aromatic carbocycles. The topological polar surface area (TPSA) is 38.0 Å². The van der Waals surface area contributed by atoms with Crippen LogP contribution in [0, 0.1) is 17.5 Å². The number of hydrogen-bond donors (Lipinski definition) is 2. The van der Waals surface area contributed by atoms with Crippen molar-refractivity contribution in [2.24, 2.45) is 5.84 Å². The first kappa shape index (κ1) is 14.6. The maximum absolute atomic E-state index is 13.6. The van der Waals surface area contributed by atoms with E-state index in [1.165, 1.54) is 24.3 Å². The zero-order valence-electron chi connectivity index (χ0n) is 10.7. The first-order valence-corrected chi connectivity index (χ1v) is 6.24. The summed E-state index contributed by atoms with van der Waals surface area (Å²) in [5.41, 5.74) is 2.88. The van der Waals surface area contributed by atoms with Crippen LogP contribution >= 0.6 is 0 Å². The number of rotatable bonds is 5. The number of nitrogens with two attached hydrogens (primary N) is 1. The van der Waals surface area contributed by atoms with Crippen LogP contribution in [-0.2, 0) is 12.8 Å². The summed E-state index contributed by atoms with van der Waals surface area (Å²) in [6.45, 7) is 0. The third-order valence-corrected chi connectivity index (χ3v) is 3.17. The Labute approximate surface area is 115 Å². The lowest BCUT2D eigenvalue weighted by atomic mass is 9.98. The molecule has 2 rings (SSSR count). The molecule has 0 spiro atoms. The molecule has 3 N–H and O–H groups in total. The highest BCUT2D eigenvalue weighted by molar-refractivity contribution is 5.23. The second kappa shape index (κ2) is 6.54. The van der Waals surface area contributed by atoms with Crippen molar-refractivity contribution in [1.82, 2.24) is 5.43 Å². The molecule has 106 valence electrons. The first-order valence-electron chi connectivity index (χ1n) is 6.24. The quantitative estimate of drug-likeness (QED) is 0.653. The smallest absolute Gasteiger partial charge is 0.129 e. The molecule has 2 aromatic rings. The molecule has 1 atom stereocenters. The lowest BCUT2D eigenvalue weighted by Gasteiger charge is -2.17. The van der Waals surface area contributed by atoms with Crippen LogP contribution in [0.25, 0.3) is 0 Å². The summed E-state index contributed by atoms with van der Waals surface area (Å²) in [4.78, 5) is 0. The van der Waals surface area contributed by atoms with Crippen molar-refractivity contribution < 1.29 is 13.2 Å². The standard InChI is InChI=1S/C15H15F3N2/c16-13-5-2-1-4-10(13)8-11(20-19)9-12-14(17)6-3-7-15(12)18/h1-7,11,20H,8-9,19H2. The van der Waals surface area contributed by atoms with Crippen LogP contribution in [0.3, 0.4) is 0 Å². The molecule has 0 aromatic heterocycles. The van der Waals surface area contributed by atoms with Gasteiger partial charge in [0, 0.05) is 11.6 Å². The molecule has 0 amide bonds. The van der Waals surface area contributed by atoms with Crippen LogP contribution in [0.1, 0.15) is 11.1 Å². The number of nitrogens with one attached hydrogen (secondary N) is 1. The van der Waals surface area contributed by atoms with E-state index in [9.17, 15) is 13.2 Å². The van der Waals surface area contributed by atoms with Crippen molar-refractivity contribution in [1.29, 1.82) is 0 Å². The second-order valence-corrected chi connectivity index (χ2v) is 4.56. The van der Waals surface area contributed by atoms with E-state index < -0.39 is 17.7 Å². The van der Waals surface area contributed by atoms with Crippen molar-refractivity contribution in [2.75, 3.05) is 0 Å². The average Bonchev–Trinajstić information content (AvgIpc) is 2.44. The van der Waals surface area contributed by atoms with Gasteiger partial charge in [-0.05, 0) is 36.6 Å². The summed E-state index contributed by atoms with van der Waals surface area (Å²) in [5, 5.41) is 0. The van der Waals surface area contributed by atoms with Gasteiger partial charge in [0.1, 0.15) is 17.5 Å². The third kappa shape index (κ3) is 3.37. The van der Waals surface area contributed by atoms with E-state index in [0.29, 0.717) is 5.56 Å². The van der Waals surface area contributed by atoms with Crippen LogP contribution in [0.2, 0.25) is 0 Å². The van der Waals surface area contributed by atoms with E-state index in [0.717, 1.165) is 0 Å². The van der Waals surface area contributed by atoms with Crippen LogP contribution in [0.4, 0.5) is 13.2 Å². The van der Waals surface area contributed by atoms with Gasteiger partial charge in [-0.3, -0.25) is 11.3 Å². The predicted molar refractivity (Wildman–Crippen MR) is 71.3 cm³/mol. The Balaban J connectivity index is 2.16. The molecular weight excluding hydrogens is 265 g/mol. The van der Waals surface area contributed by atoms with Gasteiger partial charge in [-0.1, -0.05) is 24.3 Å². The molecule has 0 radical (unpaired) electrons. The summed E-state index contributed by atoms with van der Waals surface area (Å²) in [6, 6.07) is 9.47. The highest BCUT2D eigenvalue weighted by atomic mass is 19.1. The maximum atomic E-state index is 13.6. The van der Waals surface area contributed by atoms with Gasteiger partial charge < -0.3 is 0 Å². The van der Waals surface area contributed by atoms with Gasteiger partial charge in [-0.25, -0.2) is 13.2 Å². The van der Waals surface area contributed by atoms with Crippen molar-refractivity contribution in [2.45, 2.75) is 18.9 Å². The Bertz CT molecular complexity index is 567. The Morgan fingerprint density at radius 2 is 1.45 bits per heavy atom. The zero-order chi connectivity index (χ0) is 14.5. The van der Waals surface area contributed by atoms with Gasteiger partial charge in [0.25, 0.3) is 0 Å². The minimum Gasteiger partial charge on any atom is -0.271 e. The molecule has 0 aliphatic heterocycles. The van der Waals surface area contributed by atoms with Gasteiger partial charge in [0.15, 0.2) is 0 Å². The number of benzene rings is 2. The monoisotopic (exact) mass is 280 g/mol. The van der Waals surface area contributed by atoms with Crippen LogP contribution in [0.5, 0.6) is 0 Å². The van der Waals surface area contributed by atoms with Gasteiger partial charge >= 0.3 is 0 Å². The van der Waals surface area contributed by atoms with Crippen molar-refractivity contribution >= 4 is 0 Å². The molecule has 1 unspecified atom stereocenters. The first-order chi connectivity index (χ1) is 9.61. The Kier molecular flexibility index (Phi) is 4.76. The lowest BCUT2D eigenvalue weighted by molar-refractivity contribution is 0.476. The molecule has 0 saturated carbocycles. The fourth-order valence-electron chi connectivity index (χ4n) is 2.09. The number of hydrogen-bond acceptors (Lipinski definition) is 2. The molecule has 0 aliphatic carbocycles. The molecule has 0 bridgehead atoms. The summed E-state index contributed by atoms with van der Waals surface area (Å²) >= 11 is 0. The van der Waals surface area contributed by atoms with Gasteiger partial charge in [0.05, 0.1) is 0 Å². The summed E-state index contributed by atoms with van der Waals surface area (Å²) in [7, 11) is 0. The Morgan fingerprint density at radius 3 is 2.05 bits per heavy atom. The normalized spacial score (nSPS) is 12.4. The van der Waals surface area contributed by atoms with E-state index >= 15 is 0 Å². The Hall–Kier alpha value is -1.85. The van der Waals surface area contributed by atoms with Gasteiger partial charge in [0.2, 0.25) is 0 Å². The summed E-state index contributed by atoms with van der Waals surface area (Å²) in [6.07, 6.45) is 0.292. The highest BCUT2D eigenvalue weighted by Gasteiger charge is 2.16. The summed E-state index contributed by atoms with van der Waals surface area (Å²) in [5.74, 6) is 3.79. The molecule has 2 nitrogen and oxygen atoms in total. The fourth-order valence-corrected chi connectivity index (χ4v) is 2.09. The predicted octanol–water partition coefficient (Wildman–Crippen LogP) is 2.72. The molecule has 5 heteroatoms. The molecule has 20 heavy (non-hydrogen) atoms. The Morgan fingerprint density at radius 1 is 0.850 bits per heavy atom. The van der Waals surface area contributed by atoms with Crippen molar-refractivity contribution in [3.63, 3.8) is 0 Å². The number of halogens is 3. The minimum absolute atomic E-state index is 0.0450. The minimum atomic E-state index is -0.626. The van der Waals surface area contributed by atoms with E-state index in [2.05, 4.69) is 5.43 Å². The molecule has 0 aliphatic rings. The molecular formula is C15H15F3N2. The average molecular weight is 280 g/mol. The lowest BCUT2D eigenvalue weighted by Crippen LogP contribution is -2.39. The van der Waals surface area contributed by atoms with E-state index in [4.69, 9.17) is 5.84 Å². The molecule has 0 fully saturated rings. The maximum Gasteiger partial charge on any atom is 0.129 e. The molecule has 0 heterocycles. The molecule has 0 saturated heterocycles. The van der Waals surface area contributed by atoms with Crippen molar-refractivity contribution in [3.8, 4) is 0 Å². The van der Waals surface area contributed by atoms with Crippen molar-refractivity contribution in [3.05, 3.63) is 71.0 Å². The van der Waals surface area contributed by atoms with E-state index in [-0.39, 0.29) is 24.2 Å². The van der Waals surface area contributed by atoms with Crippen LogP contribution in [0.15, 0.2) is 42.5 Å². The van der Waals surface area contributed by atoms with Crippen LogP contribution in [-0.4, -0.2) is 6.04 Å². The highest BCUT2D eigenvalue weighted by Crippen LogP contribution is 2.17. The van der Waals surface area contributed by atoms with Gasteiger partial charge in [-0.2, -0.15) is 0 Å². The third-order valence-electron chi connectivity index (χ3n) is 3.17. The van der Waals surface area contributed by atoms with E-state index in [1.54, 1.807) is 18.2 Å². The number of hydrazine groups is 1. The van der Waals surface area contributed by atoms with Crippen LogP contribution < -0.4 is 11.3 Å². The zero-order valence-corrected chi connectivity index (χ0v) is 10.7. The van der Waals surface area contributed by atoms with E-state index in [1.807, 2.05) is 0 Å². The second-order valence-electron chi connectivity index (χ2n) is 4.56. The van der Waals surface area contributed by atoms with Gasteiger partial charge in [-0.15, -0.1) is 0 Å². The largest absolute Gasteiger partial charge is 0.271 e. The SMILES string of the molecule is NNC(Cc1ccccc1F)Cc1c(F)cccc1F. The summed E-state index contributed by atoms with van der Waals surface area (Å²) < 4.78 is 40.7.